The summed E-state index contributed by atoms with van der Waals surface area (Å²) in [5.74, 6) is -0.0268. The van der Waals surface area contributed by atoms with E-state index in [0.29, 0.717) is 16.8 Å². The number of pyridine rings is 1. The third kappa shape index (κ3) is 6.40. The number of carbonyl (C=O) groups excluding carboxylic acids is 1. The molecule has 3 aromatic rings. The van der Waals surface area contributed by atoms with E-state index in [4.69, 9.17) is 5.73 Å². The van der Waals surface area contributed by atoms with Crippen LogP contribution in [0, 0.1) is 0 Å². The van der Waals surface area contributed by atoms with Crippen LogP contribution >= 0.6 is 0 Å². The standard InChI is InChI=1S/C28H36N2O/c1-2-3-4-5-6-7-8-9-10-11-19-26-27(29)25(20-21-30-26)28(31)24-18-14-16-22-15-12-13-17-23(22)24/h12-18,20-21H,2-11,19,29H2,1H3. The highest BCUT2D eigenvalue weighted by Gasteiger charge is 2.17. The molecule has 0 saturated heterocycles. The van der Waals surface area contributed by atoms with Crippen molar-refractivity contribution in [3.05, 3.63) is 71.5 Å². The Hall–Kier alpha value is -2.68. The number of benzene rings is 2. The van der Waals surface area contributed by atoms with E-state index in [1.54, 1.807) is 12.3 Å². The number of carbonyl (C=O) groups is 1. The van der Waals surface area contributed by atoms with Gasteiger partial charge in [0.2, 0.25) is 0 Å². The van der Waals surface area contributed by atoms with Crippen molar-refractivity contribution >= 4 is 22.2 Å². The lowest BCUT2D eigenvalue weighted by atomic mass is 9.95. The fraction of sp³-hybridized carbons (Fsp3) is 0.429. The van der Waals surface area contributed by atoms with Gasteiger partial charge in [-0.15, -0.1) is 0 Å². The lowest BCUT2D eigenvalue weighted by Gasteiger charge is -2.11. The first-order chi connectivity index (χ1) is 15.2. The summed E-state index contributed by atoms with van der Waals surface area (Å²) >= 11 is 0. The molecule has 3 nitrogen and oxygen atoms in total. The SMILES string of the molecule is CCCCCCCCCCCCc1nccc(C(=O)c2cccc3ccccc23)c1N. The van der Waals surface area contributed by atoms with Gasteiger partial charge in [-0.05, 0) is 29.7 Å². The molecule has 0 amide bonds. The topological polar surface area (TPSA) is 56.0 Å². The van der Waals surface area contributed by atoms with Gasteiger partial charge in [0.05, 0.1) is 11.4 Å². The van der Waals surface area contributed by atoms with Gasteiger partial charge in [-0.2, -0.15) is 0 Å². The maximum Gasteiger partial charge on any atom is 0.195 e. The Morgan fingerprint density at radius 2 is 1.42 bits per heavy atom. The molecule has 2 aromatic carbocycles. The van der Waals surface area contributed by atoms with E-state index >= 15 is 0 Å². The zero-order valence-electron chi connectivity index (χ0n) is 18.9. The fourth-order valence-corrected chi connectivity index (χ4v) is 4.26. The van der Waals surface area contributed by atoms with E-state index in [2.05, 4.69) is 11.9 Å². The number of nitrogen functional groups attached to an aromatic ring is 1. The predicted octanol–water partition coefficient (Wildman–Crippen LogP) is 7.51. The van der Waals surface area contributed by atoms with Crippen LogP contribution in [0.1, 0.15) is 92.7 Å². The van der Waals surface area contributed by atoms with Crippen molar-refractivity contribution in [1.82, 2.24) is 4.98 Å². The van der Waals surface area contributed by atoms with Gasteiger partial charge < -0.3 is 5.73 Å². The number of ketones is 1. The van der Waals surface area contributed by atoms with Gasteiger partial charge in [-0.1, -0.05) is 107 Å². The van der Waals surface area contributed by atoms with Gasteiger partial charge in [0.15, 0.2) is 5.78 Å². The first kappa shape index (κ1) is 23.0. The number of aromatic nitrogens is 1. The van der Waals surface area contributed by atoms with Crippen molar-refractivity contribution in [2.24, 2.45) is 0 Å². The largest absolute Gasteiger partial charge is 0.397 e. The van der Waals surface area contributed by atoms with Crippen molar-refractivity contribution in [3.8, 4) is 0 Å². The molecule has 0 atom stereocenters. The van der Waals surface area contributed by atoms with Crippen LogP contribution in [0.4, 0.5) is 5.69 Å². The Balaban J connectivity index is 1.54. The van der Waals surface area contributed by atoms with Gasteiger partial charge in [0, 0.05) is 17.3 Å². The molecule has 0 saturated carbocycles. The molecule has 1 heterocycles. The number of anilines is 1. The summed E-state index contributed by atoms with van der Waals surface area (Å²) < 4.78 is 0. The zero-order valence-corrected chi connectivity index (χ0v) is 18.9. The number of fused-ring (bicyclic) bond motifs is 1. The molecule has 3 rings (SSSR count). The summed E-state index contributed by atoms with van der Waals surface area (Å²) in [5.41, 5.74) is 9.05. The minimum atomic E-state index is -0.0268. The van der Waals surface area contributed by atoms with Crippen molar-refractivity contribution in [1.29, 1.82) is 0 Å². The second-order valence-electron chi connectivity index (χ2n) is 8.51. The van der Waals surface area contributed by atoms with E-state index in [0.717, 1.165) is 29.3 Å². The smallest absolute Gasteiger partial charge is 0.195 e. The Morgan fingerprint density at radius 1 is 0.774 bits per heavy atom. The van der Waals surface area contributed by atoms with Crippen LogP contribution in [0.15, 0.2) is 54.7 Å². The first-order valence-electron chi connectivity index (χ1n) is 12.0. The molecule has 31 heavy (non-hydrogen) atoms. The molecule has 0 aliphatic rings. The average molecular weight is 417 g/mol. The number of hydrogen-bond acceptors (Lipinski definition) is 3. The normalized spacial score (nSPS) is 11.1. The molecule has 0 fully saturated rings. The number of nitrogens with zero attached hydrogens (tertiary/aromatic N) is 1. The third-order valence-corrected chi connectivity index (χ3v) is 6.12. The Bertz CT molecular complexity index is 974. The molecule has 1 aromatic heterocycles. The first-order valence-corrected chi connectivity index (χ1v) is 12.0. The number of nitrogens with two attached hydrogens (primary N) is 1. The lowest BCUT2D eigenvalue weighted by molar-refractivity contribution is 0.104. The fourth-order valence-electron chi connectivity index (χ4n) is 4.26. The third-order valence-electron chi connectivity index (χ3n) is 6.12. The van der Waals surface area contributed by atoms with Gasteiger partial charge in [0.1, 0.15) is 0 Å². The molecule has 164 valence electrons. The molecule has 0 bridgehead atoms. The molecular weight excluding hydrogens is 380 g/mol. The van der Waals surface area contributed by atoms with Crippen LogP contribution < -0.4 is 5.73 Å². The van der Waals surface area contributed by atoms with Crippen LogP contribution in [0.3, 0.4) is 0 Å². The van der Waals surface area contributed by atoms with E-state index in [9.17, 15) is 4.79 Å². The van der Waals surface area contributed by atoms with Crippen molar-refractivity contribution in [2.45, 2.75) is 77.6 Å². The zero-order chi connectivity index (χ0) is 21.9. The molecule has 0 aliphatic carbocycles. The maximum absolute atomic E-state index is 13.3. The van der Waals surface area contributed by atoms with Gasteiger partial charge >= 0.3 is 0 Å². The summed E-state index contributed by atoms with van der Waals surface area (Å²) in [4.78, 5) is 17.7. The van der Waals surface area contributed by atoms with Gasteiger partial charge in [-0.25, -0.2) is 0 Å². The van der Waals surface area contributed by atoms with Crippen molar-refractivity contribution in [3.63, 3.8) is 0 Å². The number of hydrogen-bond donors (Lipinski definition) is 1. The molecule has 2 N–H and O–H groups in total. The van der Waals surface area contributed by atoms with Crippen molar-refractivity contribution < 1.29 is 4.79 Å². The maximum atomic E-state index is 13.3. The highest BCUT2D eigenvalue weighted by molar-refractivity contribution is 6.18. The molecular formula is C28H36N2O. The summed E-state index contributed by atoms with van der Waals surface area (Å²) in [6, 6.07) is 15.6. The number of aryl methyl sites for hydroxylation is 1. The number of rotatable bonds is 13. The van der Waals surface area contributed by atoms with E-state index in [1.807, 2.05) is 42.5 Å². The summed E-state index contributed by atoms with van der Waals surface area (Å²) in [6.45, 7) is 2.26. The predicted molar refractivity (Wildman–Crippen MR) is 132 cm³/mol. The Kier molecular flexibility index (Phi) is 9.08. The minimum absolute atomic E-state index is 0.0268. The summed E-state index contributed by atoms with van der Waals surface area (Å²) in [7, 11) is 0. The van der Waals surface area contributed by atoms with Crippen LogP contribution in [-0.4, -0.2) is 10.8 Å². The Morgan fingerprint density at radius 3 is 2.16 bits per heavy atom. The van der Waals surface area contributed by atoms with E-state index in [-0.39, 0.29) is 5.78 Å². The second-order valence-corrected chi connectivity index (χ2v) is 8.51. The van der Waals surface area contributed by atoms with E-state index < -0.39 is 0 Å². The van der Waals surface area contributed by atoms with E-state index in [1.165, 1.54) is 57.8 Å². The molecule has 0 radical (unpaired) electrons. The Labute approximate surface area is 187 Å². The molecule has 3 heteroatoms. The van der Waals surface area contributed by atoms with Gasteiger partial charge in [-0.3, -0.25) is 9.78 Å². The number of unbranched alkanes of at least 4 members (excludes halogenated alkanes) is 9. The highest BCUT2D eigenvalue weighted by Crippen LogP contribution is 2.25. The minimum Gasteiger partial charge on any atom is -0.397 e. The van der Waals surface area contributed by atoms with Gasteiger partial charge in [0.25, 0.3) is 0 Å². The highest BCUT2D eigenvalue weighted by atomic mass is 16.1. The molecule has 0 unspecified atom stereocenters. The monoisotopic (exact) mass is 416 g/mol. The average Bonchev–Trinajstić information content (AvgIpc) is 2.80. The lowest BCUT2D eigenvalue weighted by Crippen LogP contribution is -2.09. The second kappa shape index (κ2) is 12.2. The summed E-state index contributed by atoms with van der Waals surface area (Å²) in [5, 5.41) is 2.02. The van der Waals surface area contributed by atoms with Crippen LogP contribution in [0.5, 0.6) is 0 Å². The van der Waals surface area contributed by atoms with Crippen LogP contribution in [-0.2, 0) is 6.42 Å². The van der Waals surface area contributed by atoms with Crippen LogP contribution in [0.2, 0.25) is 0 Å². The molecule has 0 aliphatic heterocycles. The van der Waals surface area contributed by atoms with Crippen LogP contribution in [0.25, 0.3) is 10.8 Å². The quantitative estimate of drug-likeness (QED) is 0.232. The molecule has 0 spiro atoms. The summed E-state index contributed by atoms with van der Waals surface area (Å²) in [6.07, 6.45) is 15.6. The van der Waals surface area contributed by atoms with Crippen molar-refractivity contribution in [2.75, 3.05) is 5.73 Å².